The van der Waals surface area contributed by atoms with Crippen LogP contribution in [-0.4, -0.2) is 0 Å². The fourth-order valence-corrected chi connectivity index (χ4v) is 13.4. The third kappa shape index (κ3) is 14.7. The van der Waals surface area contributed by atoms with Crippen molar-refractivity contribution in [3.05, 3.63) is 291 Å². The Morgan fingerprint density at radius 3 is 0.437 bits per heavy atom. The Balaban J connectivity index is 0.000000112. The Morgan fingerprint density at radius 1 is 0.172 bits per heavy atom. The van der Waals surface area contributed by atoms with E-state index in [0.29, 0.717) is 0 Å². The number of benzene rings is 12. The summed E-state index contributed by atoms with van der Waals surface area (Å²) in [6, 6.07) is 100.0. The smallest absolute Gasteiger partial charge is 0.135 e. The predicted molar refractivity (Wildman–Crippen MR) is 387 cm³/mol. The van der Waals surface area contributed by atoms with Crippen molar-refractivity contribution in [3.63, 3.8) is 0 Å². The number of hydrogen-bond donors (Lipinski definition) is 0. The van der Waals surface area contributed by atoms with Crippen LogP contribution < -0.4 is 0 Å². The van der Waals surface area contributed by atoms with Crippen molar-refractivity contribution in [1.29, 1.82) is 0 Å². The first-order valence-corrected chi connectivity index (χ1v) is 32.6. The molecule has 0 amide bonds. The number of para-hydroxylation sites is 6. The minimum atomic E-state index is 0.962. The summed E-state index contributed by atoms with van der Waals surface area (Å²) in [7, 11) is 0. The second-order valence-electron chi connectivity index (χ2n) is 20.7. The van der Waals surface area contributed by atoms with Gasteiger partial charge >= 0.3 is 0 Å². The van der Waals surface area contributed by atoms with Gasteiger partial charge in [0.15, 0.2) is 0 Å². The highest BCUT2D eigenvalue weighted by Crippen LogP contribution is 2.36. The average molecular weight is 1190 g/mol. The molecule has 0 radical (unpaired) electrons. The lowest BCUT2D eigenvalue weighted by Gasteiger charge is -1.88. The molecule has 0 N–H and O–H groups in total. The van der Waals surface area contributed by atoms with E-state index in [0.717, 1.165) is 33.5 Å². The summed E-state index contributed by atoms with van der Waals surface area (Å²) >= 11 is 5.58. The van der Waals surface area contributed by atoms with Crippen LogP contribution in [0.15, 0.2) is 304 Å². The van der Waals surface area contributed by atoms with Crippen molar-refractivity contribution >= 4 is 160 Å². The Hall–Kier alpha value is -9.30. The zero-order valence-corrected chi connectivity index (χ0v) is 52.7. The lowest BCUT2D eigenvalue weighted by atomic mass is 10.2. The first kappa shape index (κ1) is 60.8. The number of fused-ring (bicyclic) bond motifs is 18. The number of rotatable bonds is 0. The molecule has 0 spiro atoms. The molecule has 0 saturated carbocycles. The van der Waals surface area contributed by atoms with Crippen molar-refractivity contribution in [2.45, 2.75) is 60.8 Å². The molecule has 3 nitrogen and oxygen atoms in total. The highest BCUT2D eigenvalue weighted by molar-refractivity contribution is 7.26. The van der Waals surface area contributed by atoms with E-state index in [1.54, 1.807) is 0 Å². The molecule has 0 atom stereocenters. The largest absolute Gasteiger partial charge is 0.456 e. The second-order valence-corrected chi connectivity index (χ2v) is 23.9. The van der Waals surface area contributed by atoms with Gasteiger partial charge in [0.25, 0.3) is 0 Å². The standard InChI is InChI=1S/3C12H8O.3C12H8S.3C3H8/c6*1-3-7-11-9(5-1)10-6-2-4-8-12(10)13-11;3*1-3-2/h6*1-8H;3*3H2,1-2H3. The van der Waals surface area contributed by atoms with Crippen LogP contribution in [0, 0.1) is 0 Å². The van der Waals surface area contributed by atoms with Crippen molar-refractivity contribution in [1.82, 2.24) is 0 Å². The van der Waals surface area contributed by atoms with E-state index in [1.165, 1.54) is 112 Å². The zero-order chi connectivity index (χ0) is 60.2. The van der Waals surface area contributed by atoms with E-state index in [9.17, 15) is 0 Å². The molecular formula is C81H72O3S3. The van der Waals surface area contributed by atoms with Crippen LogP contribution in [0.1, 0.15) is 60.8 Å². The Bertz CT molecular complexity index is 3960. The molecule has 0 saturated heterocycles. The van der Waals surface area contributed by atoms with Gasteiger partial charge in [-0.2, -0.15) is 0 Å². The van der Waals surface area contributed by atoms with E-state index in [2.05, 4.69) is 224 Å². The predicted octanol–water partition coefficient (Wildman–Crippen LogP) is 27.2. The monoisotopic (exact) mass is 1190 g/mol. The number of hydrogen-bond acceptors (Lipinski definition) is 6. The molecule has 0 bridgehead atoms. The van der Waals surface area contributed by atoms with Gasteiger partial charge in [0, 0.05) is 92.8 Å². The van der Waals surface area contributed by atoms with Crippen LogP contribution in [0.25, 0.3) is 126 Å². The van der Waals surface area contributed by atoms with Crippen LogP contribution in [-0.2, 0) is 0 Å². The summed E-state index contributed by atoms with van der Waals surface area (Å²) in [5.74, 6) is 0. The summed E-state index contributed by atoms with van der Waals surface area (Å²) < 4.78 is 25.2. The molecule has 0 fully saturated rings. The van der Waals surface area contributed by atoms with Gasteiger partial charge in [-0.15, -0.1) is 34.0 Å². The summed E-state index contributed by atoms with van der Waals surface area (Å²) in [6.07, 6.45) is 3.75. The average Bonchev–Trinajstić information content (AvgIpc) is 4.38. The molecule has 18 rings (SSSR count). The summed E-state index contributed by atoms with van der Waals surface area (Å²) in [5, 5.41) is 15.4. The Morgan fingerprint density at radius 2 is 0.287 bits per heavy atom. The molecule has 87 heavy (non-hydrogen) atoms. The molecule has 432 valence electrons. The van der Waals surface area contributed by atoms with E-state index in [1.807, 2.05) is 143 Å². The zero-order valence-electron chi connectivity index (χ0n) is 50.3. The molecule has 0 unspecified atom stereocenters. The first-order valence-electron chi connectivity index (χ1n) is 30.1. The van der Waals surface area contributed by atoms with Gasteiger partial charge in [0.2, 0.25) is 0 Å². The second kappa shape index (κ2) is 30.7. The summed E-state index contributed by atoms with van der Waals surface area (Å²) in [6.45, 7) is 12.8. The fraction of sp³-hybridized carbons (Fsp3) is 0.111. The van der Waals surface area contributed by atoms with Gasteiger partial charge < -0.3 is 13.3 Å². The number of furan rings is 3. The number of thiophene rings is 3. The van der Waals surface area contributed by atoms with Crippen LogP contribution in [0.2, 0.25) is 0 Å². The lowest BCUT2D eigenvalue weighted by molar-refractivity contribution is 0.668. The van der Waals surface area contributed by atoms with Gasteiger partial charge in [0.05, 0.1) is 0 Å². The summed E-state index contributed by atoms with van der Waals surface area (Å²) in [4.78, 5) is 0. The Labute approximate surface area is 522 Å². The normalized spacial score (nSPS) is 10.6. The molecule has 6 aromatic heterocycles. The maximum atomic E-state index is 5.65. The van der Waals surface area contributed by atoms with Gasteiger partial charge in [-0.05, 0) is 72.8 Å². The molecule has 0 aliphatic rings. The van der Waals surface area contributed by atoms with E-state index >= 15 is 0 Å². The molecule has 0 aliphatic carbocycles. The Kier molecular flexibility index (Phi) is 21.4. The van der Waals surface area contributed by atoms with Crippen LogP contribution >= 0.6 is 34.0 Å². The van der Waals surface area contributed by atoms with Gasteiger partial charge in [-0.3, -0.25) is 0 Å². The molecule has 0 aliphatic heterocycles. The SMILES string of the molecule is CCC.CCC.CCC.c1ccc2c(c1)oc1ccccc12.c1ccc2c(c1)oc1ccccc12.c1ccc2c(c1)oc1ccccc12.c1ccc2c(c1)sc1ccccc12.c1ccc2c(c1)sc1ccccc12.c1ccc2c(c1)sc1ccccc12. The lowest BCUT2D eigenvalue weighted by Crippen LogP contribution is -1.62. The molecule has 6 heterocycles. The van der Waals surface area contributed by atoms with Crippen LogP contribution in [0.4, 0.5) is 0 Å². The topological polar surface area (TPSA) is 39.4 Å². The molecule has 6 heteroatoms. The fourth-order valence-electron chi connectivity index (χ4n) is 10.0. The van der Waals surface area contributed by atoms with Crippen molar-refractivity contribution in [3.8, 4) is 0 Å². The van der Waals surface area contributed by atoms with Gasteiger partial charge in [-0.1, -0.05) is 279 Å². The minimum absolute atomic E-state index is 0.962. The maximum absolute atomic E-state index is 5.65. The van der Waals surface area contributed by atoms with Gasteiger partial charge in [0.1, 0.15) is 33.5 Å². The summed E-state index contributed by atoms with van der Waals surface area (Å²) in [5.41, 5.74) is 5.77. The van der Waals surface area contributed by atoms with Crippen molar-refractivity contribution in [2.75, 3.05) is 0 Å². The van der Waals surface area contributed by atoms with E-state index < -0.39 is 0 Å². The third-order valence-electron chi connectivity index (χ3n) is 13.7. The highest BCUT2D eigenvalue weighted by Gasteiger charge is 2.07. The quantitative estimate of drug-likeness (QED) is 0.152. The van der Waals surface area contributed by atoms with Crippen LogP contribution in [0.3, 0.4) is 0 Å². The maximum Gasteiger partial charge on any atom is 0.135 e. The van der Waals surface area contributed by atoms with Crippen molar-refractivity contribution < 1.29 is 13.3 Å². The third-order valence-corrected chi connectivity index (χ3v) is 17.2. The minimum Gasteiger partial charge on any atom is -0.456 e. The van der Waals surface area contributed by atoms with Crippen LogP contribution in [0.5, 0.6) is 0 Å². The molecular weight excluding hydrogens is 1120 g/mol. The highest BCUT2D eigenvalue weighted by atomic mass is 32.1. The van der Waals surface area contributed by atoms with E-state index in [-0.39, 0.29) is 0 Å². The van der Waals surface area contributed by atoms with Gasteiger partial charge in [-0.25, -0.2) is 0 Å². The molecule has 18 aromatic rings. The molecule has 12 aromatic carbocycles. The van der Waals surface area contributed by atoms with Crippen molar-refractivity contribution in [2.24, 2.45) is 0 Å². The first-order chi connectivity index (χ1) is 42.9. The van der Waals surface area contributed by atoms with E-state index in [4.69, 9.17) is 13.3 Å².